The van der Waals surface area contributed by atoms with Gasteiger partial charge in [-0.3, -0.25) is 0 Å². The van der Waals surface area contributed by atoms with Gasteiger partial charge in [0.2, 0.25) is 12.1 Å². The normalized spacial score (nSPS) is 57.4. The fourth-order valence-electron chi connectivity index (χ4n) is 10.2. The van der Waals surface area contributed by atoms with Gasteiger partial charge in [0.1, 0.15) is 19.0 Å². The van der Waals surface area contributed by atoms with Gasteiger partial charge >= 0.3 is 5.97 Å². The maximum absolute atomic E-state index is 13.1. The lowest BCUT2D eigenvalue weighted by molar-refractivity contribution is -0.457. The summed E-state index contributed by atoms with van der Waals surface area (Å²) in [6, 6.07) is 0. The van der Waals surface area contributed by atoms with E-state index in [0.29, 0.717) is 25.9 Å². The van der Waals surface area contributed by atoms with Crippen LogP contribution in [-0.2, 0) is 28.5 Å². The number of aliphatic hydroxyl groups is 3. The molecule has 0 aromatic heterocycles. The van der Waals surface area contributed by atoms with Crippen LogP contribution in [0.25, 0.3) is 0 Å². The fourth-order valence-corrected chi connectivity index (χ4v) is 10.2. The van der Waals surface area contributed by atoms with Crippen LogP contribution in [0.1, 0.15) is 71.6 Å². The number of aliphatic hydroxyl groups excluding tert-OH is 1. The summed E-state index contributed by atoms with van der Waals surface area (Å²) in [6.07, 6.45) is 5.34. The highest BCUT2D eigenvalue weighted by molar-refractivity contribution is 5.85. The summed E-state index contributed by atoms with van der Waals surface area (Å²) in [5.41, 5.74) is -1.01. The molecule has 6 fully saturated rings. The molecule has 7 rings (SSSR count). The minimum atomic E-state index is -1.96. The van der Waals surface area contributed by atoms with Crippen LogP contribution in [0, 0.1) is 34.5 Å². The number of hydrogen-bond donors (Lipinski definition) is 3. The lowest BCUT2D eigenvalue weighted by Gasteiger charge is -2.64. The standard InChI is InChI=1S/C29H40O9/c1-15-9-23(31)29(34)25(36-15)37-21-11-17-3-4-20-19(27(17,14-30)12-22(21)38-29)5-7-26(2)18(6-8-28(20,26)33)16-10-24(32)35-13-16/h10,14-15,17-23,25,31,33-34H,3-9,11-13H2,1-2H3/t15-,17+,18-,19+,20-,21-,22-,23-,25+,26-,27-,28-,29+/m1/s1. The Bertz CT molecular complexity index is 1060. The number of ether oxygens (including phenoxy) is 4. The molecular formula is C29H40O9. The minimum Gasteiger partial charge on any atom is -0.458 e. The predicted octanol–water partition coefficient (Wildman–Crippen LogP) is 2.00. The Labute approximate surface area is 222 Å². The molecule has 7 aliphatic rings. The first-order valence-electron chi connectivity index (χ1n) is 14.5. The van der Waals surface area contributed by atoms with Gasteiger partial charge in [-0.1, -0.05) is 6.92 Å². The van der Waals surface area contributed by atoms with E-state index in [4.69, 9.17) is 18.9 Å². The van der Waals surface area contributed by atoms with Crippen LogP contribution in [0.2, 0.25) is 0 Å². The molecule has 9 nitrogen and oxygen atoms in total. The lowest BCUT2D eigenvalue weighted by atomic mass is 9.42. The lowest BCUT2D eigenvalue weighted by Crippen LogP contribution is -2.71. The first kappa shape index (κ1) is 25.6. The van der Waals surface area contributed by atoms with Crippen LogP contribution >= 0.6 is 0 Å². The van der Waals surface area contributed by atoms with Gasteiger partial charge in [-0.05, 0) is 87.5 Å². The molecule has 3 aliphatic heterocycles. The van der Waals surface area contributed by atoms with Gasteiger partial charge in [0, 0.05) is 23.3 Å². The Kier molecular flexibility index (Phi) is 5.61. The highest BCUT2D eigenvalue weighted by Crippen LogP contribution is 2.70. The zero-order valence-electron chi connectivity index (χ0n) is 22.2. The van der Waals surface area contributed by atoms with Crippen molar-refractivity contribution in [2.75, 3.05) is 6.61 Å². The molecule has 13 atom stereocenters. The Morgan fingerprint density at radius 3 is 2.58 bits per heavy atom. The molecule has 0 amide bonds. The van der Waals surface area contributed by atoms with Crippen molar-refractivity contribution in [1.29, 1.82) is 0 Å². The van der Waals surface area contributed by atoms with E-state index >= 15 is 0 Å². The smallest absolute Gasteiger partial charge is 0.331 e. The van der Waals surface area contributed by atoms with Crippen molar-refractivity contribution in [2.45, 2.75) is 114 Å². The maximum atomic E-state index is 13.1. The third-order valence-corrected chi connectivity index (χ3v) is 12.1. The molecule has 0 unspecified atom stereocenters. The average molecular weight is 533 g/mol. The second-order valence-corrected chi connectivity index (χ2v) is 13.6. The third-order valence-electron chi connectivity index (χ3n) is 12.1. The van der Waals surface area contributed by atoms with Crippen molar-refractivity contribution >= 4 is 12.3 Å². The van der Waals surface area contributed by atoms with Crippen molar-refractivity contribution in [3.05, 3.63) is 11.6 Å². The van der Waals surface area contributed by atoms with Gasteiger partial charge in [-0.2, -0.15) is 0 Å². The molecule has 0 aromatic carbocycles. The van der Waals surface area contributed by atoms with Gasteiger partial charge in [-0.25, -0.2) is 4.79 Å². The number of aldehydes is 1. The predicted molar refractivity (Wildman–Crippen MR) is 131 cm³/mol. The molecule has 4 aliphatic carbocycles. The quantitative estimate of drug-likeness (QED) is 0.278. The molecule has 3 heterocycles. The summed E-state index contributed by atoms with van der Waals surface area (Å²) in [7, 11) is 0. The molecule has 4 saturated carbocycles. The number of fused-ring (bicyclic) bond motifs is 7. The van der Waals surface area contributed by atoms with Crippen LogP contribution in [0.15, 0.2) is 11.6 Å². The Hall–Kier alpha value is -1.36. The third kappa shape index (κ3) is 3.20. The highest BCUT2D eigenvalue weighted by Gasteiger charge is 2.70. The van der Waals surface area contributed by atoms with Gasteiger partial charge in [0.15, 0.2) is 0 Å². The molecule has 9 heteroatoms. The Morgan fingerprint density at radius 1 is 1.03 bits per heavy atom. The van der Waals surface area contributed by atoms with Crippen LogP contribution in [-0.4, -0.2) is 76.3 Å². The second-order valence-electron chi connectivity index (χ2n) is 13.6. The van der Waals surface area contributed by atoms with Crippen molar-refractivity contribution in [1.82, 2.24) is 0 Å². The first-order valence-corrected chi connectivity index (χ1v) is 14.5. The SMILES string of the molecule is C[C@@H]1C[C@@H](O)[C@]2(O)O[C@@H]3C[C@@]4(C=O)[C@@H](CC[C@@H]5[C@@H]4CC[C@]4(C)[C@@H](C6=CC(=O)OC6)CC[C@@]54O)C[C@H]3O[C@@H]2O1. The molecule has 210 valence electrons. The minimum absolute atomic E-state index is 0.00418. The van der Waals surface area contributed by atoms with Gasteiger partial charge in [-0.15, -0.1) is 0 Å². The van der Waals surface area contributed by atoms with E-state index in [1.807, 2.05) is 6.92 Å². The summed E-state index contributed by atoms with van der Waals surface area (Å²) in [5, 5.41) is 34.4. The summed E-state index contributed by atoms with van der Waals surface area (Å²) in [5.74, 6) is -2.11. The topological polar surface area (TPSA) is 132 Å². The molecule has 0 aromatic rings. The molecule has 38 heavy (non-hydrogen) atoms. The van der Waals surface area contributed by atoms with E-state index in [-0.39, 0.29) is 53.7 Å². The molecule has 0 spiro atoms. The summed E-state index contributed by atoms with van der Waals surface area (Å²) >= 11 is 0. The number of cyclic esters (lactones) is 1. The maximum Gasteiger partial charge on any atom is 0.331 e. The summed E-state index contributed by atoms with van der Waals surface area (Å²) < 4.78 is 23.5. The molecule has 0 bridgehead atoms. The first-order chi connectivity index (χ1) is 18.0. The zero-order chi connectivity index (χ0) is 26.7. The van der Waals surface area contributed by atoms with Gasteiger partial charge < -0.3 is 39.1 Å². The number of carbonyl (C=O) groups is 2. The zero-order valence-corrected chi connectivity index (χ0v) is 22.2. The Morgan fingerprint density at radius 2 is 1.84 bits per heavy atom. The van der Waals surface area contributed by atoms with Crippen molar-refractivity contribution in [2.24, 2.45) is 34.5 Å². The number of esters is 1. The number of carbonyl (C=O) groups excluding carboxylic acids is 2. The van der Waals surface area contributed by atoms with Crippen molar-refractivity contribution < 1.29 is 43.9 Å². The van der Waals surface area contributed by atoms with E-state index in [1.165, 1.54) is 0 Å². The van der Waals surface area contributed by atoms with E-state index in [0.717, 1.165) is 44.0 Å². The van der Waals surface area contributed by atoms with Crippen LogP contribution in [0.5, 0.6) is 0 Å². The summed E-state index contributed by atoms with van der Waals surface area (Å²) in [4.78, 5) is 24.9. The molecule has 2 saturated heterocycles. The van der Waals surface area contributed by atoms with Crippen molar-refractivity contribution in [3.8, 4) is 0 Å². The number of hydrogen-bond acceptors (Lipinski definition) is 9. The van der Waals surface area contributed by atoms with E-state index in [1.54, 1.807) is 6.08 Å². The largest absolute Gasteiger partial charge is 0.458 e. The molecule has 3 N–H and O–H groups in total. The van der Waals surface area contributed by atoms with E-state index < -0.39 is 35.3 Å². The number of rotatable bonds is 2. The second kappa shape index (κ2) is 8.33. The monoisotopic (exact) mass is 532 g/mol. The van der Waals surface area contributed by atoms with Crippen LogP contribution in [0.4, 0.5) is 0 Å². The fraction of sp³-hybridized carbons (Fsp3) is 0.862. The summed E-state index contributed by atoms with van der Waals surface area (Å²) in [6.45, 7) is 4.31. The van der Waals surface area contributed by atoms with Gasteiger partial charge in [0.05, 0.1) is 23.9 Å². The van der Waals surface area contributed by atoms with Gasteiger partial charge in [0.25, 0.3) is 0 Å². The van der Waals surface area contributed by atoms with Crippen LogP contribution in [0.3, 0.4) is 0 Å². The molecular weight excluding hydrogens is 492 g/mol. The highest BCUT2D eigenvalue weighted by atomic mass is 16.8. The van der Waals surface area contributed by atoms with Crippen LogP contribution < -0.4 is 0 Å². The average Bonchev–Trinajstić information content (AvgIpc) is 3.42. The molecule has 0 radical (unpaired) electrons. The van der Waals surface area contributed by atoms with E-state index in [9.17, 15) is 24.9 Å². The Balaban J connectivity index is 1.18. The van der Waals surface area contributed by atoms with E-state index in [2.05, 4.69) is 6.92 Å². The van der Waals surface area contributed by atoms with Crippen molar-refractivity contribution in [3.63, 3.8) is 0 Å².